The molecule has 2 atom stereocenters. The number of nitrogens with two attached hydrogens (primary N) is 1. The van der Waals surface area contributed by atoms with Crippen LogP contribution in [-0.2, 0) is 20.8 Å². The van der Waals surface area contributed by atoms with E-state index >= 15 is 0 Å². The maximum atomic E-state index is 12.6. The number of methoxy groups -OCH3 is 1. The molecular formula is C26H31N5O8. The van der Waals surface area contributed by atoms with Gasteiger partial charge in [-0.2, -0.15) is 0 Å². The number of hydrogen-bond acceptors (Lipinski definition) is 10. The normalized spacial score (nSPS) is 12.1. The molecule has 2 aromatic carbocycles. The molecule has 6 N–H and O–H groups in total. The Labute approximate surface area is 224 Å². The summed E-state index contributed by atoms with van der Waals surface area (Å²) in [7, 11) is 1.51. The fraction of sp³-hybridized carbons (Fsp3) is 0.308. The van der Waals surface area contributed by atoms with Crippen LogP contribution in [0.1, 0.15) is 18.9 Å². The quantitative estimate of drug-likeness (QED) is 0.213. The van der Waals surface area contributed by atoms with Crippen molar-refractivity contribution in [3.8, 4) is 17.1 Å². The highest BCUT2D eigenvalue weighted by atomic mass is 16.6. The number of ether oxygens (including phenoxy) is 3. The van der Waals surface area contributed by atoms with Gasteiger partial charge in [0.1, 0.15) is 24.5 Å². The Morgan fingerprint density at radius 3 is 2.56 bits per heavy atom. The van der Waals surface area contributed by atoms with Crippen molar-refractivity contribution in [2.45, 2.75) is 32.0 Å². The molecule has 3 rings (SSSR count). The molecule has 0 fully saturated rings. The van der Waals surface area contributed by atoms with Crippen molar-refractivity contribution < 1.29 is 38.1 Å². The third-order valence-electron chi connectivity index (χ3n) is 5.42. The van der Waals surface area contributed by atoms with Crippen LogP contribution in [0.3, 0.4) is 0 Å². The molecule has 0 radical (unpaired) electrons. The van der Waals surface area contributed by atoms with Gasteiger partial charge in [-0.1, -0.05) is 19.1 Å². The van der Waals surface area contributed by atoms with Crippen molar-refractivity contribution in [2.75, 3.05) is 31.0 Å². The van der Waals surface area contributed by atoms with E-state index in [1.807, 2.05) is 0 Å². The Morgan fingerprint density at radius 1 is 1.13 bits per heavy atom. The van der Waals surface area contributed by atoms with Crippen LogP contribution >= 0.6 is 0 Å². The number of hydrogen-bond donors (Lipinski definition) is 5. The van der Waals surface area contributed by atoms with Gasteiger partial charge in [-0.25, -0.2) is 14.6 Å². The molecule has 208 valence electrons. The first kappa shape index (κ1) is 28.9. The second kappa shape index (κ2) is 14.4. The molecule has 0 aliphatic carbocycles. The first-order valence-electron chi connectivity index (χ1n) is 12.0. The van der Waals surface area contributed by atoms with Gasteiger partial charge in [-0.3, -0.25) is 4.79 Å². The number of nitrogens with zero attached hydrogens (tertiary/aromatic N) is 1. The Balaban J connectivity index is 1.50. The van der Waals surface area contributed by atoms with Gasteiger partial charge in [-0.05, 0) is 36.2 Å². The molecule has 0 unspecified atom stereocenters. The lowest BCUT2D eigenvalue weighted by molar-refractivity contribution is -0.149. The number of amides is 3. The van der Waals surface area contributed by atoms with Gasteiger partial charge < -0.3 is 45.4 Å². The second-order valence-electron chi connectivity index (χ2n) is 8.27. The summed E-state index contributed by atoms with van der Waals surface area (Å²) < 4.78 is 20.9. The van der Waals surface area contributed by atoms with Crippen molar-refractivity contribution >= 4 is 29.5 Å². The van der Waals surface area contributed by atoms with Gasteiger partial charge in [0.15, 0.2) is 12.2 Å². The summed E-state index contributed by atoms with van der Waals surface area (Å²) in [4.78, 5) is 40.2. The second-order valence-corrected chi connectivity index (χ2v) is 8.27. The number of aromatic nitrogens is 1. The van der Waals surface area contributed by atoms with Crippen LogP contribution in [0.2, 0.25) is 0 Å². The molecule has 0 bridgehead atoms. The van der Waals surface area contributed by atoms with Crippen LogP contribution in [0.4, 0.5) is 21.0 Å². The van der Waals surface area contributed by atoms with Gasteiger partial charge in [0.25, 0.3) is 0 Å². The Hall–Kier alpha value is -4.62. The molecular weight excluding hydrogens is 510 g/mol. The van der Waals surface area contributed by atoms with Crippen molar-refractivity contribution in [3.05, 3.63) is 60.6 Å². The van der Waals surface area contributed by atoms with Crippen molar-refractivity contribution in [2.24, 2.45) is 5.73 Å². The van der Waals surface area contributed by atoms with Crippen molar-refractivity contribution in [1.29, 1.82) is 0 Å². The fourth-order valence-corrected chi connectivity index (χ4v) is 3.33. The molecule has 3 aromatic rings. The molecule has 0 spiro atoms. The Kier molecular flexibility index (Phi) is 10.7. The number of aliphatic hydroxyl groups is 1. The number of oxazole rings is 1. The lowest BCUT2D eigenvalue weighted by atomic mass is 10.1. The zero-order valence-electron chi connectivity index (χ0n) is 21.5. The summed E-state index contributed by atoms with van der Waals surface area (Å²) in [5.74, 6) is 0.256. The van der Waals surface area contributed by atoms with Crippen LogP contribution in [0.15, 0.2) is 59.5 Å². The number of benzene rings is 2. The van der Waals surface area contributed by atoms with E-state index in [1.54, 1.807) is 55.6 Å². The zero-order chi connectivity index (χ0) is 28.2. The van der Waals surface area contributed by atoms with Crippen molar-refractivity contribution in [1.82, 2.24) is 10.3 Å². The Bertz CT molecular complexity index is 1250. The lowest BCUT2D eigenvalue weighted by Gasteiger charge is -2.18. The van der Waals surface area contributed by atoms with E-state index in [9.17, 15) is 14.4 Å². The summed E-state index contributed by atoms with van der Waals surface area (Å²) in [5, 5.41) is 17.0. The first-order chi connectivity index (χ1) is 18.8. The molecule has 39 heavy (non-hydrogen) atoms. The first-order valence-corrected chi connectivity index (χ1v) is 12.0. The minimum absolute atomic E-state index is 0.127. The predicted molar refractivity (Wildman–Crippen MR) is 141 cm³/mol. The molecule has 13 heteroatoms. The summed E-state index contributed by atoms with van der Waals surface area (Å²) in [6.45, 7) is 1.17. The minimum Gasteiger partial charge on any atom is -0.496 e. The molecule has 1 aromatic heterocycles. The van der Waals surface area contributed by atoms with Crippen LogP contribution in [0.5, 0.6) is 5.75 Å². The Morgan fingerprint density at radius 2 is 1.90 bits per heavy atom. The highest BCUT2D eigenvalue weighted by Gasteiger charge is 2.19. The number of carbonyl (C=O) groups is 3. The summed E-state index contributed by atoms with van der Waals surface area (Å²) in [6.07, 6.45) is 1.90. The number of urea groups is 1. The maximum absolute atomic E-state index is 12.6. The average Bonchev–Trinajstić information content (AvgIpc) is 3.48. The van der Waals surface area contributed by atoms with Gasteiger partial charge >= 0.3 is 18.1 Å². The van der Waals surface area contributed by atoms with E-state index in [2.05, 4.69) is 20.9 Å². The monoisotopic (exact) mass is 541 g/mol. The molecule has 3 amide bonds. The van der Waals surface area contributed by atoms with E-state index in [1.165, 1.54) is 13.5 Å². The smallest absolute Gasteiger partial charge is 0.407 e. The molecule has 1 heterocycles. The standard InChI is InChI=1S/C26H31N5O8/c1-3-19(14-37-24(33)21(27)13-32)39-26(35)29-11-16-5-4-6-17(9-16)30-25(34)31-18-7-8-20(22(10-18)36-2)23-12-28-15-38-23/h4-10,12,15,19,21,32H,3,11,13-14,27H2,1-2H3,(H,29,35)(H2,30,31,34)/t19-,21-/m1/s1. The van der Waals surface area contributed by atoms with Crippen LogP contribution < -0.4 is 26.4 Å². The predicted octanol–water partition coefficient (Wildman–Crippen LogP) is 2.86. The minimum atomic E-state index is -1.15. The molecule has 13 nitrogen and oxygen atoms in total. The van der Waals surface area contributed by atoms with Crippen molar-refractivity contribution in [3.63, 3.8) is 0 Å². The summed E-state index contributed by atoms with van der Waals surface area (Å²) in [5.41, 5.74) is 7.79. The highest BCUT2D eigenvalue weighted by Crippen LogP contribution is 2.32. The van der Waals surface area contributed by atoms with E-state index in [0.29, 0.717) is 40.4 Å². The number of carbonyl (C=O) groups excluding carboxylic acids is 3. The number of alkyl carbamates (subject to hydrolysis) is 1. The zero-order valence-corrected chi connectivity index (χ0v) is 21.5. The maximum Gasteiger partial charge on any atom is 0.407 e. The average molecular weight is 542 g/mol. The van der Waals surface area contributed by atoms with E-state index in [0.717, 1.165) is 0 Å². The molecule has 0 aliphatic heterocycles. The molecule has 0 saturated heterocycles. The van der Waals surface area contributed by atoms with E-state index in [-0.39, 0.29) is 13.2 Å². The topological polar surface area (TPSA) is 187 Å². The highest BCUT2D eigenvalue weighted by molar-refractivity contribution is 6.00. The number of nitrogens with one attached hydrogen (secondary N) is 3. The number of esters is 1. The third kappa shape index (κ3) is 8.72. The molecule has 0 aliphatic rings. The third-order valence-corrected chi connectivity index (χ3v) is 5.42. The van der Waals surface area contributed by atoms with Crippen LogP contribution in [0.25, 0.3) is 11.3 Å². The SMILES string of the molecule is CC[C@H](COC(=O)[C@H](N)CO)OC(=O)NCc1cccc(NC(=O)Nc2ccc(-c3cnco3)c(OC)c2)c1. The van der Waals surface area contributed by atoms with Gasteiger partial charge in [0.05, 0.1) is 25.5 Å². The fourth-order valence-electron chi connectivity index (χ4n) is 3.33. The van der Waals surface area contributed by atoms with Gasteiger partial charge in [-0.15, -0.1) is 0 Å². The largest absolute Gasteiger partial charge is 0.496 e. The lowest BCUT2D eigenvalue weighted by Crippen LogP contribution is -2.38. The molecule has 0 saturated carbocycles. The van der Waals surface area contributed by atoms with Crippen LogP contribution in [0, 0.1) is 0 Å². The number of anilines is 2. The van der Waals surface area contributed by atoms with Gasteiger partial charge in [0.2, 0.25) is 0 Å². The summed E-state index contributed by atoms with van der Waals surface area (Å²) >= 11 is 0. The van der Waals surface area contributed by atoms with E-state index < -0.39 is 36.8 Å². The van der Waals surface area contributed by atoms with Gasteiger partial charge in [0, 0.05) is 24.0 Å². The number of aliphatic hydroxyl groups excluding tert-OH is 1. The van der Waals surface area contributed by atoms with Crippen LogP contribution in [-0.4, -0.2) is 60.7 Å². The van der Waals surface area contributed by atoms with E-state index in [4.69, 9.17) is 29.5 Å². The summed E-state index contributed by atoms with van der Waals surface area (Å²) in [6, 6.07) is 10.4. The number of rotatable bonds is 12.